The van der Waals surface area contributed by atoms with Gasteiger partial charge in [-0.15, -0.1) is 5.11 Å². The van der Waals surface area contributed by atoms with Gasteiger partial charge in [0.1, 0.15) is 5.75 Å². The Balaban J connectivity index is 1.75. The topological polar surface area (TPSA) is 74.9 Å². The predicted octanol–water partition coefficient (Wildman–Crippen LogP) is 6.91. The molecule has 1 heterocycles. The summed E-state index contributed by atoms with van der Waals surface area (Å²) in [5.74, 6) is 0.251. The van der Waals surface area contributed by atoms with Crippen LogP contribution in [-0.4, -0.2) is 15.2 Å². The molecule has 4 rings (SSSR count). The third-order valence-corrected chi connectivity index (χ3v) is 5.59. The molecule has 0 atom stereocenters. The molecule has 0 spiro atoms. The number of aryl methyl sites for hydroxylation is 2. The van der Waals surface area contributed by atoms with Gasteiger partial charge in [-0.1, -0.05) is 18.2 Å². The van der Waals surface area contributed by atoms with Crippen LogP contribution in [0.3, 0.4) is 0 Å². The average Bonchev–Trinajstić information content (AvgIpc) is 2.76. The number of thioether (sulfide) groups is 1. The smallest absolute Gasteiger partial charge is 0.226 e. The van der Waals surface area contributed by atoms with Crippen molar-refractivity contribution in [3.8, 4) is 5.75 Å². The van der Waals surface area contributed by atoms with Crippen LogP contribution in [-0.2, 0) is 0 Å². The molecule has 4 aromatic rings. The first-order chi connectivity index (χ1) is 14.5. The minimum atomic E-state index is -0.105. The largest absolute Gasteiger partial charge is 0.507 e. The number of carbonyl (C=O) groups is 1. The lowest BCUT2D eigenvalue weighted by atomic mass is 10.1. The number of rotatable bonds is 4. The van der Waals surface area contributed by atoms with Crippen molar-refractivity contribution in [2.75, 3.05) is 0 Å². The fourth-order valence-corrected chi connectivity index (χ4v) is 3.90. The number of aromatic hydroxyl groups is 1. The number of phenolic OH excluding ortho intramolecular Hbond substituents is 1. The van der Waals surface area contributed by atoms with Gasteiger partial charge in [0.25, 0.3) is 0 Å². The van der Waals surface area contributed by atoms with Gasteiger partial charge < -0.3 is 5.11 Å². The van der Waals surface area contributed by atoms with E-state index in [4.69, 9.17) is 0 Å². The molecule has 3 aromatic carbocycles. The summed E-state index contributed by atoms with van der Waals surface area (Å²) in [6, 6.07) is 18.6. The summed E-state index contributed by atoms with van der Waals surface area (Å²) in [5, 5.41) is 20.4. The number of hydrogen-bond donors (Lipinski definition) is 1. The second-order valence-corrected chi connectivity index (χ2v) is 7.97. The maximum absolute atomic E-state index is 13.1. The first-order valence-electron chi connectivity index (χ1n) is 9.38. The lowest BCUT2D eigenvalue weighted by Gasteiger charge is -2.07. The average molecular weight is 414 g/mol. The molecule has 1 aromatic heterocycles. The maximum Gasteiger partial charge on any atom is 0.226 e. The van der Waals surface area contributed by atoms with Crippen molar-refractivity contribution in [3.63, 3.8) is 0 Å². The highest BCUT2D eigenvalue weighted by Gasteiger charge is 2.15. The van der Waals surface area contributed by atoms with Crippen LogP contribution in [0.1, 0.15) is 21.5 Å². The Hall–Kier alpha value is -3.51. The Labute approximate surface area is 178 Å². The Morgan fingerprint density at radius 1 is 0.933 bits per heavy atom. The summed E-state index contributed by atoms with van der Waals surface area (Å²) < 4.78 is 0. The highest BCUT2D eigenvalue weighted by atomic mass is 32.2. The van der Waals surface area contributed by atoms with Crippen molar-refractivity contribution in [2.45, 2.75) is 18.7 Å². The second kappa shape index (κ2) is 8.47. The molecule has 0 bridgehead atoms. The molecule has 5 nitrogen and oxygen atoms in total. The third-order valence-electron chi connectivity index (χ3n) is 4.68. The van der Waals surface area contributed by atoms with Gasteiger partial charge in [-0.3, -0.25) is 9.78 Å². The molecule has 0 saturated heterocycles. The summed E-state index contributed by atoms with van der Waals surface area (Å²) >= 11 is 1.16. The van der Waals surface area contributed by atoms with Gasteiger partial charge >= 0.3 is 0 Å². The van der Waals surface area contributed by atoms with Gasteiger partial charge in [-0.25, -0.2) is 0 Å². The summed E-state index contributed by atoms with van der Waals surface area (Å²) in [4.78, 5) is 18.1. The van der Waals surface area contributed by atoms with E-state index in [0.717, 1.165) is 38.6 Å². The Bertz CT molecular complexity index is 1250. The van der Waals surface area contributed by atoms with Gasteiger partial charge in [0.05, 0.1) is 16.9 Å². The van der Waals surface area contributed by atoms with E-state index in [1.54, 1.807) is 24.5 Å². The molecular formula is C24H19N3O2S. The molecule has 0 amide bonds. The highest BCUT2D eigenvalue weighted by Crippen LogP contribution is 2.34. The quantitative estimate of drug-likeness (QED) is 0.291. The van der Waals surface area contributed by atoms with Gasteiger partial charge in [0.2, 0.25) is 5.12 Å². The molecule has 0 unspecified atom stereocenters. The Morgan fingerprint density at radius 3 is 2.40 bits per heavy atom. The molecule has 0 aliphatic rings. The molecule has 30 heavy (non-hydrogen) atoms. The molecule has 6 heteroatoms. The van der Waals surface area contributed by atoms with Gasteiger partial charge in [0, 0.05) is 22.7 Å². The Morgan fingerprint density at radius 2 is 1.67 bits per heavy atom. The molecule has 1 N–H and O–H groups in total. The number of benzene rings is 3. The van der Waals surface area contributed by atoms with E-state index in [-0.39, 0.29) is 10.9 Å². The Kier molecular flexibility index (Phi) is 5.59. The minimum absolute atomic E-state index is 0.105. The third kappa shape index (κ3) is 4.23. The zero-order valence-electron chi connectivity index (χ0n) is 16.5. The summed E-state index contributed by atoms with van der Waals surface area (Å²) in [7, 11) is 0. The van der Waals surface area contributed by atoms with Crippen LogP contribution in [0.5, 0.6) is 5.75 Å². The van der Waals surface area contributed by atoms with Crippen LogP contribution in [0.4, 0.5) is 11.4 Å². The molecule has 0 fully saturated rings. The van der Waals surface area contributed by atoms with Crippen LogP contribution < -0.4 is 0 Å². The van der Waals surface area contributed by atoms with E-state index in [1.165, 1.54) is 0 Å². The zero-order chi connectivity index (χ0) is 21.1. The number of nitrogens with zero attached hydrogens (tertiary/aromatic N) is 3. The molecule has 0 saturated carbocycles. The van der Waals surface area contributed by atoms with Gasteiger partial charge in [0.15, 0.2) is 0 Å². The van der Waals surface area contributed by atoms with Gasteiger partial charge in [-0.2, -0.15) is 5.11 Å². The van der Waals surface area contributed by atoms with Crippen LogP contribution >= 0.6 is 11.8 Å². The van der Waals surface area contributed by atoms with E-state index in [2.05, 4.69) is 15.2 Å². The monoisotopic (exact) mass is 413 g/mol. The minimum Gasteiger partial charge on any atom is -0.507 e. The number of aromatic nitrogens is 1. The zero-order valence-corrected chi connectivity index (χ0v) is 17.4. The van der Waals surface area contributed by atoms with Crippen molar-refractivity contribution >= 4 is 39.0 Å². The van der Waals surface area contributed by atoms with E-state index >= 15 is 0 Å². The van der Waals surface area contributed by atoms with Crippen LogP contribution in [0.15, 0.2) is 88.2 Å². The molecule has 148 valence electrons. The summed E-state index contributed by atoms with van der Waals surface area (Å²) in [6.45, 7) is 3.63. The second-order valence-electron chi connectivity index (χ2n) is 6.92. The normalized spacial score (nSPS) is 11.3. The first-order valence-corrected chi connectivity index (χ1v) is 10.2. The van der Waals surface area contributed by atoms with Crippen molar-refractivity contribution in [1.82, 2.24) is 4.98 Å². The number of phenols is 1. The lowest BCUT2D eigenvalue weighted by Crippen LogP contribution is -1.94. The fourth-order valence-electron chi connectivity index (χ4n) is 3.12. The van der Waals surface area contributed by atoms with E-state index < -0.39 is 0 Å². The van der Waals surface area contributed by atoms with Crippen molar-refractivity contribution in [3.05, 3.63) is 89.7 Å². The van der Waals surface area contributed by atoms with Crippen molar-refractivity contribution in [2.24, 2.45) is 10.2 Å². The molecule has 0 aliphatic carbocycles. The summed E-state index contributed by atoms with van der Waals surface area (Å²) in [5.41, 5.74) is 3.03. The summed E-state index contributed by atoms with van der Waals surface area (Å²) in [6.07, 6.45) is 3.44. The number of pyridine rings is 1. The number of carbonyl (C=O) groups excluding carboxylic acids is 1. The molecular weight excluding hydrogens is 394 g/mol. The standard InChI is InChI=1S/C24H19N3O2S/c1-15-10-19(11-16(2)23(15)28)26-27-22-13-18-14-25-9-8-17(18)12-21(22)24(29)30-20-6-4-3-5-7-20/h3-14,28H,1-2H3. The fraction of sp³-hybridized carbons (Fsp3) is 0.0833. The number of fused-ring (bicyclic) bond motifs is 1. The highest BCUT2D eigenvalue weighted by molar-refractivity contribution is 8.14. The predicted molar refractivity (Wildman–Crippen MR) is 120 cm³/mol. The lowest BCUT2D eigenvalue weighted by molar-refractivity contribution is 0.108. The first kappa shape index (κ1) is 19.8. The van der Waals surface area contributed by atoms with E-state index in [0.29, 0.717) is 16.9 Å². The maximum atomic E-state index is 13.1. The van der Waals surface area contributed by atoms with Crippen molar-refractivity contribution in [1.29, 1.82) is 0 Å². The number of hydrogen-bond acceptors (Lipinski definition) is 6. The molecule has 0 aliphatic heterocycles. The number of azo groups is 1. The van der Waals surface area contributed by atoms with Crippen LogP contribution in [0.25, 0.3) is 10.8 Å². The van der Waals surface area contributed by atoms with Crippen LogP contribution in [0, 0.1) is 13.8 Å². The SMILES string of the molecule is Cc1cc(N=Nc2cc3cnccc3cc2C(=O)Sc2ccccc2)cc(C)c1O. The van der Waals surface area contributed by atoms with Gasteiger partial charge in [-0.05, 0) is 84.6 Å². The molecule has 0 radical (unpaired) electrons. The van der Waals surface area contributed by atoms with E-state index in [9.17, 15) is 9.90 Å². The van der Waals surface area contributed by atoms with Crippen LogP contribution in [0.2, 0.25) is 0 Å². The van der Waals surface area contributed by atoms with Crippen molar-refractivity contribution < 1.29 is 9.90 Å². The van der Waals surface area contributed by atoms with E-state index in [1.807, 2.05) is 62.4 Å².